The van der Waals surface area contributed by atoms with Crippen molar-refractivity contribution in [3.05, 3.63) is 0 Å². The Morgan fingerprint density at radius 3 is 2.50 bits per heavy atom. The van der Waals surface area contributed by atoms with Crippen LogP contribution in [0.5, 0.6) is 0 Å². The number of primary amides is 1. The van der Waals surface area contributed by atoms with Crippen molar-refractivity contribution in [3.63, 3.8) is 0 Å². The number of carbonyl (C=O) groups is 1. The van der Waals surface area contributed by atoms with Crippen molar-refractivity contribution < 1.29 is 4.79 Å². The van der Waals surface area contributed by atoms with Crippen LogP contribution in [0.15, 0.2) is 0 Å². The Kier molecular flexibility index (Phi) is 7.48. The van der Waals surface area contributed by atoms with Crippen LogP contribution in [-0.2, 0) is 4.79 Å². The molecule has 14 heavy (non-hydrogen) atoms. The molecule has 0 heterocycles. The summed E-state index contributed by atoms with van der Waals surface area (Å²) in [5.74, 6) is -0.290. The molecule has 0 aliphatic heterocycles. The normalized spacial score (nSPS) is 15.1. The number of nitrogens with two attached hydrogens (primary N) is 1. The minimum Gasteiger partial charge on any atom is -0.369 e. The fourth-order valence-corrected chi connectivity index (χ4v) is 1.28. The molecule has 0 bridgehead atoms. The molecule has 2 unspecified atom stereocenters. The summed E-state index contributed by atoms with van der Waals surface area (Å²) in [5, 5.41) is 3.32. The van der Waals surface area contributed by atoms with E-state index < -0.39 is 0 Å². The van der Waals surface area contributed by atoms with E-state index in [2.05, 4.69) is 19.2 Å². The highest BCUT2D eigenvalue weighted by Gasteiger charge is 2.09. The number of hydrogen-bond donors (Lipinski definition) is 2. The first kappa shape index (κ1) is 13.4. The van der Waals surface area contributed by atoms with Crippen LogP contribution in [-0.4, -0.2) is 18.5 Å². The van der Waals surface area contributed by atoms with E-state index in [-0.39, 0.29) is 11.8 Å². The molecule has 3 nitrogen and oxygen atoms in total. The van der Waals surface area contributed by atoms with Gasteiger partial charge in [0.15, 0.2) is 0 Å². The lowest BCUT2D eigenvalue weighted by Gasteiger charge is -2.15. The van der Waals surface area contributed by atoms with Gasteiger partial charge >= 0.3 is 0 Å². The first-order valence-corrected chi connectivity index (χ1v) is 5.60. The van der Waals surface area contributed by atoms with Crippen molar-refractivity contribution >= 4 is 5.91 Å². The number of hydrogen-bond acceptors (Lipinski definition) is 2. The fraction of sp³-hybridized carbons (Fsp3) is 0.909. The molecule has 1 amide bonds. The van der Waals surface area contributed by atoms with Gasteiger partial charge in [0.05, 0.1) is 0 Å². The van der Waals surface area contributed by atoms with Gasteiger partial charge in [-0.2, -0.15) is 0 Å². The van der Waals surface area contributed by atoms with Crippen LogP contribution in [0.4, 0.5) is 0 Å². The van der Waals surface area contributed by atoms with Gasteiger partial charge in [0.25, 0.3) is 0 Å². The molecular weight excluding hydrogens is 176 g/mol. The quantitative estimate of drug-likeness (QED) is 0.586. The van der Waals surface area contributed by atoms with Crippen LogP contribution in [0.2, 0.25) is 0 Å². The lowest BCUT2D eigenvalue weighted by molar-refractivity contribution is -0.121. The summed E-state index contributed by atoms with van der Waals surface area (Å²) < 4.78 is 0. The summed E-state index contributed by atoms with van der Waals surface area (Å²) in [4.78, 5) is 10.8. The number of nitrogens with one attached hydrogen (secondary N) is 1. The second-order valence-corrected chi connectivity index (χ2v) is 4.11. The summed E-state index contributed by atoms with van der Waals surface area (Å²) in [5.41, 5.74) is 5.16. The number of unbranched alkanes of at least 4 members (excludes halogenated alkanes) is 2. The van der Waals surface area contributed by atoms with E-state index in [4.69, 9.17) is 5.73 Å². The van der Waals surface area contributed by atoms with E-state index in [0.717, 1.165) is 0 Å². The SMILES string of the molecule is CCCCCC(C)NCC(C)C(N)=O. The van der Waals surface area contributed by atoms with Gasteiger partial charge < -0.3 is 11.1 Å². The summed E-state index contributed by atoms with van der Waals surface area (Å²) in [6.45, 7) is 6.91. The van der Waals surface area contributed by atoms with Gasteiger partial charge in [-0.3, -0.25) is 4.79 Å². The monoisotopic (exact) mass is 200 g/mol. The van der Waals surface area contributed by atoms with E-state index in [1.54, 1.807) is 0 Å². The number of carbonyl (C=O) groups excluding carboxylic acids is 1. The maximum atomic E-state index is 10.8. The lowest BCUT2D eigenvalue weighted by Crippen LogP contribution is -2.35. The van der Waals surface area contributed by atoms with Gasteiger partial charge in [0.1, 0.15) is 0 Å². The van der Waals surface area contributed by atoms with E-state index in [1.807, 2.05) is 6.92 Å². The zero-order valence-electron chi connectivity index (χ0n) is 9.68. The second-order valence-electron chi connectivity index (χ2n) is 4.11. The largest absolute Gasteiger partial charge is 0.369 e. The maximum absolute atomic E-state index is 10.8. The molecular formula is C11H24N2O. The molecule has 0 fully saturated rings. The van der Waals surface area contributed by atoms with E-state index in [1.165, 1.54) is 25.7 Å². The molecule has 0 aromatic rings. The zero-order chi connectivity index (χ0) is 11.0. The minimum atomic E-state index is -0.224. The molecule has 0 aromatic carbocycles. The van der Waals surface area contributed by atoms with Crippen molar-refractivity contribution in [3.8, 4) is 0 Å². The minimum absolute atomic E-state index is 0.0661. The summed E-state index contributed by atoms with van der Waals surface area (Å²) in [7, 11) is 0. The molecule has 2 atom stereocenters. The van der Waals surface area contributed by atoms with Crippen LogP contribution in [0.3, 0.4) is 0 Å². The van der Waals surface area contributed by atoms with Crippen molar-refractivity contribution in [2.45, 2.75) is 52.5 Å². The third kappa shape index (κ3) is 6.89. The third-order valence-corrected chi connectivity index (χ3v) is 2.50. The first-order valence-electron chi connectivity index (χ1n) is 5.60. The average molecular weight is 200 g/mol. The van der Waals surface area contributed by atoms with Gasteiger partial charge in [-0.1, -0.05) is 33.1 Å². The highest BCUT2D eigenvalue weighted by atomic mass is 16.1. The molecule has 84 valence electrons. The Morgan fingerprint density at radius 1 is 1.36 bits per heavy atom. The predicted octanol–water partition coefficient (Wildman–Crippen LogP) is 1.67. The topological polar surface area (TPSA) is 55.1 Å². The van der Waals surface area contributed by atoms with Gasteiger partial charge in [0, 0.05) is 18.5 Å². The molecule has 3 heteroatoms. The Morgan fingerprint density at radius 2 is 2.00 bits per heavy atom. The first-order chi connectivity index (χ1) is 6.57. The molecule has 0 radical (unpaired) electrons. The van der Waals surface area contributed by atoms with Gasteiger partial charge in [-0.15, -0.1) is 0 Å². The average Bonchev–Trinajstić information content (AvgIpc) is 2.14. The molecule has 0 saturated heterocycles. The standard InChI is InChI=1S/C11H24N2O/c1-4-5-6-7-10(3)13-8-9(2)11(12)14/h9-10,13H,4-8H2,1-3H3,(H2,12,14). The van der Waals surface area contributed by atoms with Gasteiger partial charge in [-0.25, -0.2) is 0 Å². The molecule has 0 aliphatic carbocycles. The number of amides is 1. The fourth-order valence-electron chi connectivity index (χ4n) is 1.28. The summed E-state index contributed by atoms with van der Waals surface area (Å²) in [6, 6.07) is 0.489. The van der Waals surface area contributed by atoms with Crippen molar-refractivity contribution in [1.29, 1.82) is 0 Å². The van der Waals surface area contributed by atoms with Crippen molar-refractivity contribution in [1.82, 2.24) is 5.32 Å². The van der Waals surface area contributed by atoms with Crippen LogP contribution >= 0.6 is 0 Å². The Balaban J connectivity index is 3.43. The summed E-state index contributed by atoms with van der Waals surface area (Å²) >= 11 is 0. The second kappa shape index (κ2) is 7.80. The smallest absolute Gasteiger partial charge is 0.221 e. The molecule has 0 saturated carbocycles. The predicted molar refractivity (Wildman–Crippen MR) is 60.0 cm³/mol. The maximum Gasteiger partial charge on any atom is 0.221 e. The van der Waals surface area contributed by atoms with Crippen molar-refractivity contribution in [2.24, 2.45) is 11.7 Å². The third-order valence-electron chi connectivity index (χ3n) is 2.50. The Labute approximate surface area is 87.4 Å². The zero-order valence-corrected chi connectivity index (χ0v) is 9.68. The number of rotatable bonds is 8. The van der Waals surface area contributed by atoms with E-state index in [9.17, 15) is 4.79 Å². The Hall–Kier alpha value is -0.570. The van der Waals surface area contributed by atoms with E-state index in [0.29, 0.717) is 12.6 Å². The molecule has 0 aliphatic rings. The van der Waals surface area contributed by atoms with Crippen LogP contribution < -0.4 is 11.1 Å². The van der Waals surface area contributed by atoms with E-state index >= 15 is 0 Å². The molecule has 0 aromatic heterocycles. The highest BCUT2D eigenvalue weighted by molar-refractivity contribution is 5.76. The lowest BCUT2D eigenvalue weighted by atomic mass is 10.1. The van der Waals surface area contributed by atoms with Crippen molar-refractivity contribution in [2.75, 3.05) is 6.54 Å². The Bertz CT molecular complexity index is 159. The van der Waals surface area contributed by atoms with Gasteiger partial charge in [0.2, 0.25) is 5.91 Å². The molecule has 3 N–H and O–H groups in total. The molecule has 0 spiro atoms. The summed E-state index contributed by atoms with van der Waals surface area (Å²) in [6.07, 6.45) is 4.98. The van der Waals surface area contributed by atoms with Crippen LogP contribution in [0.1, 0.15) is 46.5 Å². The van der Waals surface area contributed by atoms with Gasteiger partial charge in [-0.05, 0) is 13.3 Å². The van der Waals surface area contributed by atoms with Crippen LogP contribution in [0, 0.1) is 5.92 Å². The highest BCUT2D eigenvalue weighted by Crippen LogP contribution is 2.03. The molecule has 0 rings (SSSR count). The van der Waals surface area contributed by atoms with Crippen LogP contribution in [0.25, 0.3) is 0 Å².